The first kappa shape index (κ1) is 16.5. The molecule has 4 heteroatoms. The highest BCUT2D eigenvalue weighted by atomic mass is 16.5. The third-order valence-electron chi connectivity index (χ3n) is 5.21. The normalized spacial score (nSPS) is 26.3. The molecule has 1 amide bonds. The summed E-state index contributed by atoms with van der Waals surface area (Å²) in [5.41, 5.74) is 2.44. The summed E-state index contributed by atoms with van der Waals surface area (Å²) in [4.78, 5) is 14.8. The number of piperidine rings is 1. The van der Waals surface area contributed by atoms with E-state index >= 15 is 0 Å². The minimum Gasteiger partial charge on any atom is -0.370 e. The van der Waals surface area contributed by atoms with Gasteiger partial charge in [0.2, 0.25) is 5.91 Å². The Morgan fingerprint density at radius 1 is 1.30 bits per heavy atom. The van der Waals surface area contributed by atoms with Gasteiger partial charge in [0.25, 0.3) is 0 Å². The zero-order valence-corrected chi connectivity index (χ0v) is 14.3. The van der Waals surface area contributed by atoms with Crippen molar-refractivity contribution in [1.29, 1.82) is 0 Å². The molecule has 1 aromatic rings. The predicted octanol–water partition coefficient (Wildman–Crippen LogP) is 2.67. The van der Waals surface area contributed by atoms with Crippen LogP contribution in [0.3, 0.4) is 0 Å². The van der Waals surface area contributed by atoms with Crippen LogP contribution in [0.25, 0.3) is 0 Å². The maximum Gasteiger partial charge on any atom is 0.223 e. The molecule has 2 atom stereocenters. The second kappa shape index (κ2) is 7.45. The summed E-state index contributed by atoms with van der Waals surface area (Å²) in [6.45, 7) is 7.59. The monoisotopic (exact) mass is 316 g/mol. The van der Waals surface area contributed by atoms with Crippen LogP contribution in [0.1, 0.15) is 43.4 Å². The molecular formula is C19H28N2O2. The summed E-state index contributed by atoms with van der Waals surface area (Å²) in [5.74, 6) is 0.835. The van der Waals surface area contributed by atoms with Crippen molar-refractivity contribution in [2.75, 3.05) is 26.2 Å². The van der Waals surface area contributed by atoms with Gasteiger partial charge in [-0.1, -0.05) is 24.3 Å². The predicted molar refractivity (Wildman–Crippen MR) is 91.3 cm³/mol. The van der Waals surface area contributed by atoms with Gasteiger partial charge < -0.3 is 15.0 Å². The van der Waals surface area contributed by atoms with Gasteiger partial charge in [-0.25, -0.2) is 0 Å². The number of carbonyl (C=O) groups excluding carboxylic acids is 1. The quantitative estimate of drug-likeness (QED) is 0.932. The van der Waals surface area contributed by atoms with E-state index in [1.807, 2.05) is 17.0 Å². The van der Waals surface area contributed by atoms with Crippen molar-refractivity contribution in [3.63, 3.8) is 0 Å². The molecule has 0 bridgehead atoms. The Morgan fingerprint density at radius 3 is 2.78 bits per heavy atom. The summed E-state index contributed by atoms with van der Waals surface area (Å²) < 4.78 is 6.02. The number of ether oxygens (including phenoxy) is 1. The van der Waals surface area contributed by atoms with Gasteiger partial charge in [-0.3, -0.25) is 4.79 Å². The summed E-state index contributed by atoms with van der Waals surface area (Å²) in [5, 5.41) is 3.37. The number of carbonyl (C=O) groups is 1. The molecule has 1 N–H and O–H groups in total. The van der Waals surface area contributed by atoms with Crippen LogP contribution in [0.5, 0.6) is 0 Å². The molecule has 0 spiro atoms. The Hall–Kier alpha value is -1.39. The van der Waals surface area contributed by atoms with E-state index in [4.69, 9.17) is 4.74 Å². The van der Waals surface area contributed by atoms with Gasteiger partial charge in [-0.05, 0) is 56.8 Å². The minimum atomic E-state index is 0.00405. The molecule has 23 heavy (non-hydrogen) atoms. The molecular weight excluding hydrogens is 288 g/mol. The van der Waals surface area contributed by atoms with Gasteiger partial charge in [0.05, 0.1) is 19.2 Å². The lowest BCUT2D eigenvalue weighted by atomic mass is 9.93. The van der Waals surface area contributed by atoms with Gasteiger partial charge in [0.15, 0.2) is 0 Å². The number of aryl methyl sites for hydroxylation is 1. The van der Waals surface area contributed by atoms with E-state index in [1.54, 1.807) is 0 Å². The Balaban J connectivity index is 1.65. The van der Waals surface area contributed by atoms with Gasteiger partial charge in [0, 0.05) is 6.42 Å². The lowest BCUT2D eigenvalue weighted by molar-refractivity contribution is -0.145. The molecule has 2 aliphatic rings. The molecule has 0 aromatic heterocycles. The first-order valence-corrected chi connectivity index (χ1v) is 8.82. The average Bonchev–Trinajstić information content (AvgIpc) is 2.57. The van der Waals surface area contributed by atoms with Crippen molar-refractivity contribution in [1.82, 2.24) is 10.2 Å². The second-order valence-electron chi connectivity index (χ2n) is 6.97. The van der Waals surface area contributed by atoms with Gasteiger partial charge in [-0.2, -0.15) is 0 Å². The van der Waals surface area contributed by atoms with Gasteiger partial charge >= 0.3 is 0 Å². The number of hydrogen-bond acceptors (Lipinski definition) is 3. The molecule has 2 fully saturated rings. The van der Waals surface area contributed by atoms with E-state index in [1.165, 1.54) is 11.1 Å². The Morgan fingerprint density at radius 2 is 2.04 bits per heavy atom. The van der Waals surface area contributed by atoms with Crippen molar-refractivity contribution in [2.45, 2.75) is 45.3 Å². The molecule has 126 valence electrons. The van der Waals surface area contributed by atoms with Crippen LogP contribution in [0, 0.1) is 12.8 Å². The fourth-order valence-electron chi connectivity index (χ4n) is 3.69. The summed E-state index contributed by atoms with van der Waals surface area (Å²) >= 11 is 0. The van der Waals surface area contributed by atoms with E-state index in [-0.39, 0.29) is 12.1 Å². The van der Waals surface area contributed by atoms with Crippen LogP contribution in [0.4, 0.5) is 0 Å². The summed E-state index contributed by atoms with van der Waals surface area (Å²) in [7, 11) is 0. The van der Waals surface area contributed by atoms with Crippen LogP contribution in [-0.4, -0.2) is 43.1 Å². The lowest BCUT2D eigenvalue weighted by Gasteiger charge is -2.39. The van der Waals surface area contributed by atoms with Crippen molar-refractivity contribution < 1.29 is 9.53 Å². The fourth-order valence-corrected chi connectivity index (χ4v) is 3.69. The summed E-state index contributed by atoms with van der Waals surface area (Å²) in [6.07, 6.45) is 2.92. The molecule has 0 saturated carbocycles. The van der Waals surface area contributed by atoms with Crippen LogP contribution < -0.4 is 5.32 Å². The molecule has 4 nitrogen and oxygen atoms in total. The topological polar surface area (TPSA) is 41.6 Å². The molecule has 2 aliphatic heterocycles. The van der Waals surface area contributed by atoms with Crippen molar-refractivity contribution in [3.8, 4) is 0 Å². The molecule has 3 rings (SSSR count). The van der Waals surface area contributed by atoms with Crippen LogP contribution in [0.15, 0.2) is 24.3 Å². The molecule has 2 saturated heterocycles. The van der Waals surface area contributed by atoms with Gasteiger partial charge in [-0.15, -0.1) is 0 Å². The van der Waals surface area contributed by atoms with Crippen LogP contribution >= 0.6 is 0 Å². The highest BCUT2D eigenvalue weighted by Crippen LogP contribution is 2.28. The average molecular weight is 316 g/mol. The highest BCUT2D eigenvalue weighted by molar-refractivity contribution is 5.77. The smallest absolute Gasteiger partial charge is 0.223 e. The number of hydrogen-bond donors (Lipinski definition) is 1. The SMILES string of the molecule is Cc1ccccc1[C@H]1CN(C(=O)CC2CCNCC2)[C@@H](C)CO1. The fraction of sp³-hybridized carbons (Fsp3) is 0.632. The Labute approximate surface area is 139 Å². The number of amides is 1. The third-order valence-corrected chi connectivity index (χ3v) is 5.21. The van der Waals surface area contributed by atoms with Crippen LogP contribution in [0.2, 0.25) is 0 Å². The number of rotatable bonds is 3. The number of nitrogens with one attached hydrogen (secondary N) is 1. The van der Waals surface area contributed by atoms with E-state index < -0.39 is 0 Å². The van der Waals surface area contributed by atoms with E-state index in [0.29, 0.717) is 31.4 Å². The zero-order valence-electron chi connectivity index (χ0n) is 14.3. The Bertz CT molecular complexity index is 540. The molecule has 2 heterocycles. The molecule has 1 aromatic carbocycles. The van der Waals surface area contributed by atoms with Crippen LogP contribution in [-0.2, 0) is 9.53 Å². The largest absolute Gasteiger partial charge is 0.370 e. The Kier molecular flexibility index (Phi) is 5.34. The van der Waals surface area contributed by atoms with E-state index in [9.17, 15) is 4.79 Å². The zero-order chi connectivity index (χ0) is 16.2. The maximum absolute atomic E-state index is 12.8. The lowest BCUT2D eigenvalue weighted by Crippen LogP contribution is -2.49. The molecule has 0 unspecified atom stereocenters. The number of benzene rings is 1. The third kappa shape index (κ3) is 3.93. The van der Waals surface area contributed by atoms with Gasteiger partial charge in [0.1, 0.15) is 6.10 Å². The standard InChI is InChI=1S/C19H28N2O2/c1-14-5-3-4-6-17(14)18-12-21(15(2)13-23-18)19(22)11-16-7-9-20-10-8-16/h3-6,15-16,18,20H,7-13H2,1-2H3/t15-,18+/m0/s1. The van der Waals surface area contributed by atoms with E-state index in [2.05, 4.69) is 31.3 Å². The first-order valence-electron chi connectivity index (χ1n) is 8.82. The van der Waals surface area contributed by atoms with Crippen molar-refractivity contribution >= 4 is 5.91 Å². The molecule has 0 radical (unpaired) electrons. The first-order chi connectivity index (χ1) is 11.1. The second-order valence-corrected chi connectivity index (χ2v) is 6.97. The van der Waals surface area contributed by atoms with E-state index in [0.717, 1.165) is 25.9 Å². The summed E-state index contributed by atoms with van der Waals surface area (Å²) in [6, 6.07) is 8.49. The number of morpholine rings is 1. The highest BCUT2D eigenvalue weighted by Gasteiger charge is 2.32. The number of nitrogens with zero attached hydrogens (tertiary/aromatic N) is 1. The maximum atomic E-state index is 12.8. The minimum absolute atomic E-state index is 0.00405. The van der Waals surface area contributed by atoms with Crippen molar-refractivity contribution in [3.05, 3.63) is 35.4 Å². The van der Waals surface area contributed by atoms with Crippen molar-refractivity contribution in [2.24, 2.45) is 5.92 Å². The molecule has 0 aliphatic carbocycles.